The van der Waals surface area contributed by atoms with E-state index in [1.54, 1.807) is 11.2 Å². The van der Waals surface area contributed by atoms with Crippen LogP contribution in [0.4, 0.5) is 0 Å². The average Bonchev–Trinajstić information content (AvgIpc) is 2.70. The van der Waals surface area contributed by atoms with E-state index in [9.17, 15) is 9.00 Å². The van der Waals surface area contributed by atoms with E-state index < -0.39 is 11.0 Å². The van der Waals surface area contributed by atoms with Crippen LogP contribution in [0.3, 0.4) is 0 Å². The molecular formula is C21H25NO3S. The molecule has 1 aliphatic rings. The molecule has 1 atom stereocenters. The van der Waals surface area contributed by atoms with Crippen LogP contribution in [0.25, 0.3) is 0 Å². The van der Waals surface area contributed by atoms with E-state index in [1.807, 2.05) is 73.7 Å². The van der Waals surface area contributed by atoms with Gasteiger partial charge in [0.2, 0.25) is 0 Å². The lowest BCUT2D eigenvalue weighted by atomic mass is 10.1. The zero-order chi connectivity index (χ0) is 18.8. The number of ether oxygens (including phenoxy) is 1. The zero-order valence-corrected chi connectivity index (χ0v) is 16.1. The Morgan fingerprint density at radius 1 is 1.08 bits per heavy atom. The molecule has 0 aromatic heterocycles. The molecule has 2 aromatic rings. The highest BCUT2D eigenvalue weighted by Crippen LogP contribution is 2.18. The van der Waals surface area contributed by atoms with E-state index in [0.717, 1.165) is 10.5 Å². The molecule has 26 heavy (non-hydrogen) atoms. The number of aryl methyl sites for hydroxylation is 1. The number of hydrogen-bond acceptors (Lipinski definition) is 3. The summed E-state index contributed by atoms with van der Waals surface area (Å²) in [5.41, 5.74) is 1.73. The molecule has 138 valence electrons. The maximum absolute atomic E-state index is 12.5. The van der Waals surface area contributed by atoms with Gasteiger partial charge in [0.15, 0.2) is 0 Å². The Bertz CT molecular complexity index is 715. The fourth-order valence-corrected chi connectivity index (χ4v) is 3.61. The predicted molar refractivity (Wildman–Crippen MR) is 105 cm³/mol. The summed E-state index contributed by atoms with van der Waals surface area (Å²) in [5, 5.41) is 0. The van der Waals surface area contributed by atoms with Gasteiger partial charge in [-0.15, -0.1) is 0 Å². The summed E-state index contributed by atoms with van der Waals surface area (Å²) in [6, 6.07) is 19.6. The van der Waals surface area contributed by atoms with Crippen molar-refractivity contribution < 1.29 is 13.7 Å². The Labute approximate surface area is 158 Å². The summed E-state index contributed by atoms with van der Waals surface area (Å²) in [6.45, 7) is 5.19. The largest absolute Gasteiger partial charge is 0.463 e. The standard InChI is InChI=1S/C15H19NO3S.C6H6/c1-3-19-15(17)13-5-4-10-16(11-13)20(18)14-8-6-12(2)7-9-14;1-2-4-6-5-3-1/h5-9H,3-4,10-11H2,1-2H3;1-6H. The zero-order valence-electron chi connectivity index (χ0n) is 15.3. The lowest BCUT2D eigenvalue weighted by Crippen LogP contribution is -2.34. The van der Waals surface area contributed by atoms with E-state index in [0.29, 0.717) is 31.7 Å². The summed E-state index contributed by atoms with van der Waals surface area (Å²) >= 11 is 0. The van der Waals surface area contributed by atoms with Crippen molar-refractivity contribution in [1.29, 1.82) is 0 Å². The van der Waals surface area contributed by atoms with Crippen LogP contribution in [0.15, 0.2) is 77.2 Å². The molecule has 0 saturated heterocycles. The van der Waals surface area contributed by atoms with Crippen molar-refractivity contribution >= 4 is 17.0 Å². The fraction of sp³-hybridized carbons (Fsp3) is 0.286. The van der Waals surface area contributed by atoms with Gasteiger partial charge in [-0.05, 0) is 32.4 Å². The van der Waals surface area contributed by atoms with E-state index >= 15 is 0 Å². The second-order valence-corrected chi connectivity index (χ2v) is 7.31. The van der Waals surface area contributed by atoms with Crippen LogP contribution in [0.1, 0.15) is 18.9 Å². The molecule has 0 radical (unpaired) electrons. The van der Waals surface area contributed by atoms with Crippen molar-refractivity contribution in [2.75, 3.05) is 19.7 Å². The van der Waals surface area contributed by atoms with Crippen LogP contribution >= 0.6 is 0 Å². The molecule has 1 heterocycles. The van der Waals surface area contributed by atoms with Gasteiger partial charge in [0.1, 0.15) is 11.0 Å². The van der Waals surface area contributed by atoms with Gasteiger partial charge in [-0.1, -0.05) is 60.2 Å². The Morgan fingerprint density at radius 2 is 1.65 bits per heavy atom. The molecule has 4 nitrogen and oxygen atoms in total. The summed E-state index contributed by atoms with van der Waals surface area (Å²) in [7, 11) is -1.23. The Balaban J connectivity index is 0.000000342. The van der Waals surface area contributed by atoms with Gasteiger partial charge >= 0.3 is 5.97 Å². The minimum Gasteiger partial charge on any atom is -0.463 e. The lowest BCUT2D eigenvalue weighted by Gasteiger charge is -2.25. The van der Waals surface area contributed by atoms with Crippen molar-refractivity contribution in [1.82, 2.24) is 4.31 Å². The van der Waals surface area contributed by atoms with Gasteiger partial charge in [0.05, 0.1) is 11.5 Å². The Hall–Kier alpha value is -2.24. The highest BCUT2D eigenvalue weighted by Gasteiger charge is 2.23. The van der Waals surface area contributed by atoms with Crippen LogP contribution in [0.5, 0.6) is 0 Å². The number of benzene rings is 2. The third-order valence-electron chi connectivity index (χ3n) is 3.78. The van der Waals surface area contributed by atoms with Gasteiger partial charge in [0, 0.05) is 18.7 Å². The SMILES string of the molecule is CCOC(=O)C1=CCCN(S(=O)c2ccc(C)cc2)C1.c1ccccc1. The molecular weight excluding hydrogens is 346 g/mol. The van der Waals surface area contributed by atoms with Crippen LogP contribution in [0, 0.1) is 6.92 Å². The number of carbonyl (C=O) groups excluding carboxylic acids is 1. The monoisotopic (exact) mass is 371 g/mol. The molecule has 3 rings (SSSR count). The maximum Gasteiger partial charge on any atom is 0.335 e. The molecule has 0 aliphatic carbocycles. The van der Waals surface area contributed by atoms with Crippen LogP contribution in [-0.4, -0.2) is 34.2 Å². The summed E-state index contributed by atoms with van der Waals surface area (Å²) in [4.78, 5) is 12.5. The number of carbonyl (C=O) groups is 1. The first-order valence-electron chi connectivity index (χ1n) is 8.71. The average molecular weight is 372 g/mol. The van der Waals surface area contributed by atoms with Gasteiger partial charge in [-0.2, -0.15) is 0 Å². The molecule has 0 fully saturated rings. The van der Waals surface area contributed by atoms with Gasteiger partial charge in [-0.3, -0.25) is 0 Å². The second-order valence-electron chi connectivity index (χ2n) is 5.82. The first-order chi connectivity index (χ1) is 12.6. The minimum atomic E-state index is -1.23. The van der Waals surface area contributed by atoms with Crippen LogP contribution in [-0.2, 0) is 20.5 Å². The summed E-state index contributed by atoms with van der Waals surface area (Å²) < 4.78 is 19.3. The van der Waals surface area contributed by atoms with Crippen LogP contribution < -0.4 is 0 Å². The number of hydrogen-bond donors (Lipinski definition) is 0. The van der Waals surface area contributed by atoms with Crippen molar-refractivity contribution in [2.45, 2.75) is 25.2 Å². The van der Waals surface area contributed by atoms with Crippen LogP contribution in [0.2, 0.25) is 0 Å². The van der Waals surface area contributed by atoms with E-state index in [4.69, 9.17) is 4.74 Å². The first-order valence-corrected chi connectivity index (χ1v) is 9.82. The van der Waals surface area contributed by atoms with E-state index in [2.05, 4.69) is 0 Å². The second kappa shape index (κ2) is 10.7. The van der Waals surface area contributed by atoms with E-state index in [-0.39, 0.29) is 5.97 Å². The summed E-state index contributed by atoms with van der Waals surface area (Å²) in [5.74, 6) is -0.307. The minimum absolute atomic E-state index is 0.307. The highest BCUT2D eigenvalue weighted by atomic mass is 32.2. The third-order valence-corrected chi connectivity index (χ3v) is 5.23. The Morgan fingerprint density at radius 3 is 2.19 bits per heavy atom. The van der Waals surface area contributed by atoms with Crippen molar-refractivity contribution in [3.63, 3.8) is 0 Å². The van der Waals surface area contributed by atoms with E-state index in [1.165, 1.54) is 0 Å². The quantitative estimate of drug-likeness (QED) is 0.766. The molecule has 0 bridgehead atoms. The Kier molecular flexibility index (Phi) is 8.25. The van der Waals surface area contributed by atoms with Crippen molar-refractivity contribution in [3.8, 4) is 0 Å². The molecule has 0 N–H and O–H groups in total. The fourth-order valence-electron chi connectivity index (χ4n) is 2.42. The van der Waals surface area contributed by atoms with Crippen molar-refractivity contribution in [3.05, 3.63) is 77.9 Å². The molecule has 5 heteroatoms. The first kappa shape index (κ1) is 20.1. The molecule has 1 unspecified atom stereocenters. The topological polar surface area (TPSA) is 46.6 Å². The molecule has 0 amide bonds. The van der Waals surface area contributed by atoms with Gasteiger partial charge < -0.3 is 4.74 Å². The smallest absolute Gasteiger partial charge is 0.335 e. The number of rotatable bonds is 4. The van der Waals surface area contributed by atoms with Gasteiger partial charge in [-0.25, -0.2) is 13.3 Å². The highest BCUT2D eigenvalue weighted by molar-refractivity contribution is 7.82. The number of esters is 1. The predicted octanol–water partition coefficient (Wildman–Crippen LogP) is 3.90. The molecule has 2 aromatic carbocycles. The van der Waals surface area contributed by atoms with Crippen molar-refractivity contribution in [2.24, 2.45) is 0 Å². The number of nitrogens with zero attached hydrogens (tertiary/aromatic N) is 1. The molecule has 0 spiro atoms. The summed E-state index contributed by atoms with van der Waals surface area (Å²) in [6.07, 6.45) is 2.59. The maximum atomic E-state index is 12.5. The lowest BCUT2D eigenvalue weighted by molar-refractivity contribution is -0.138. The molecule has 0 saturated carbocycles. The third kappa shape index (κ3) is 6.24. The molecule has 1 aliphatic heterocycles. The van der Waals surface area contributed by atoms with Gasteiger partial charge in [0.25, 0.3) is 0 Å². The normalized spacial score (nSPS) is 15.2.